The number of rotatable bonds is 5. The Morgan fingerprint density at radius 2 is 1.85 bits per heavy atom. The molecule has 0 aliphatic carbocycles. The lowest BCUT2D eigenvalue weighted by atomic mass is 10.1. The van der Waals surface area contributed by atoms with E-state index >= 15 is 0 Å². The molecule has 0 atom stereocenters. The van der Waals surface area contributed by atoms with Crippen molar-refractivity contribution < 1.29 is 19.1 Å². The molecule has 0 bridgehead atoms. The van der Waals surface area contributed by atoms with Crippen molar-refractivity contribution in [2.45, 2.75) is 6.54 Å². The highest BCUT2D eigenvalue weighted by atomic mass is 79.9. The van der Waals surface area contributed by atoms with Gasteiger partial charge in [-0.1, -0.05) is 34.1 Å². The molecule has 2 amide bonds. The molecule has 0 aromatic heterocycles. The van der Waals surface area contributed by atoms with Gasteiger partial charge in [0.1, 0.15) is 0 Å². The van der Waals surface area contributed by atoms with Gasteiger partial charge in [0.15, 0.2) is 11.5 Å². The largest absolute Gasteiger partial charge is 0.493 e. The van der Waals surface area contributed by atoms with Crippen molar-refractivity contribution >= 4 is 44.9 Å². The van der Waals surface area contributed by atoms with Crippen LogP contribution < -0.4 is 9.47 Å². The molecule has 3 rings (SSSR count). The number of amides is 2. The molecule has 0 saturated carbocycles. The topological polar surface area (TPSA) is 55.8 Å². The van der Waals surface area contributed by atoms with E-state index in [2.05, 4.69) is 15.9 Å². The Morgan fingerprint density at radius 3 is 2.54 bits per heavy atom. The van der Waals surface area contributed by atoms with Crippen molar-refractivity contribution in [3.05, 3.63) is 63.0 Å². The number of carbonyl (C=O) groups is 2. The van der Waals surface area contributed by atoms with Gasteiger partial charge in [0, 0.05) is 4.47 Å². The fourth-order valence-corrected chi connectivity index (χ4v) is 3.83. The molecule has 5 nitrogen and oxygen atoms in total. The van der Waals surface area contributed by atoms with Gasteiger partial charge in [-0.3, -0.25) is 14.5 Å². The summed E-state index contributed by atoms with van der Waals surface area (Å²) in [5, 5.41) is -0.276. The number of imide groups is 1. The Balaban J connectivity index is 1.83. The summed E-state index contributed by atoms with van der Waals surface area (Å²) in [5.41, 5.74) is 1.64. The molecule has 0 N–H and O–H groups in total. The standard InChI is InChI=1S/C19H16BrNO4S/c1-24-15-7-6-12(9-16(15)25-2)10-17-18(22)21(19(23)26-17)11-13-4-3-5-14(20)8-13/h3-10H,11H2,1-2H3/b17-10+. The van der Waals surface area contributed by atoms with Crippen LogP contribution in [0.25, 0.3) is 6.08 Å². The monoisotopic (exact) mass is 433 g/mol. The number of nitrogens with zero attached hydrogens (tertiary/aromatic N) is 1. The van der Waals surface area contributed by atoms with Gasteiger partial charge < -0.3 is 9.47 Å². The highest BCUT2D eigenvalue weighted by Crippen LogP contribution is 2.35. The van der Waals surface area contributed by atoms with Gasteiger partial charge >= 0.3 is 0 Å². The summed E-state index contributed by atoms with van der Waals surface area (Å²) in [6.07, 6.45) is 1.69. The molecule has 26 heavy (non-hydrogen) atoms. The molecule has 1 saturated heterocycles. The van der Waals surface area contributed by atoms with E-state index in [-0.39, 0.29) is 17.7 Å². The number of thioether (sulfide) groups is 1. The van der Waals surface area contributed by atoms with Crippen molar-refractivity contribution in [1.82, 2.24) is 4.90 Å². The summed E-state index contributed by atoms with van der Waals surface area (Å²) >= 11 is 4.33. The van der Waals surface area contributed by atoms with Crippen LogP contribution in [0.15, 0.2) is 51.8 Å². The van der Waals surface area contributed by atoms with Crippen molar-refractivity contribution in [1.29, 1.82) is 0 Å². The minimum absolute atomic E-state index is 0.243. The summed E-state index contributed by atoms with van der Waals surface area (Å²) < 4.78 is 11.4. The molecule has 2 aromatic rings. The number of hydrogen-bond acceptors (Lipinski definition) is 5. The lowest BCUT2D eigenvalue weighted by Gasteiger charge is -2.12. The highest BCUT2D eigenvalue weighted by Gasteiger charge is 2.35. The van der Waals surface area contributed by atoms with Crippen LogP contribution >= 0.6 is 27.7 Å². The summed E-state index contributed by atoms with van der Waals surface area (Å²) in [6, 6.07) is 12.9. The van der Waals surface area contributed by atoms with Crippen molar-refractivity contribution in [3.8, 4) is 11.5 Å². The molecule has 0 radical (unpaired) electrons. The third-order valence-electron chi connectivity index (χ3n) is 3.81. The third-order valence-corrected chi connectivity index (χ3v) is 5.21. The molecule has 134 valence electrons. The Morgan fingerprint density at radius 1 is 1.08 bits per heavy atom. The maximum absolute atomic E-state index is 12.6. The summed E-state index contributed by atoms with van der Waals surface area (Å²) in [7, 11) is 3.11. The third kappa shape index (κ3) is 3.94. The predicted octanol–water partition coefficient (Wildman–Crippen LogP) is 4.70. The van der Waals surface area contributed by atoms with E-state index in [4.69, 9.17) is 9.47 Å². The zero-order valence-corrected chi connectivity index (χ0v) is 16.6. The van der Waals surface area contributed by atoms with Gasteiger partial charge in [0.25, 0.3) is 11.1 Å². The van der Waals surface area contributed by atoms with Gasteiger partial charge in [-0.15, -0.1) is 0 Å². The first-order valence-corrected chi connectivity index (χ1v) is 9.34. The van der Waals surface area contributed by atoms with Gasteiger partial charge in [0.2, 0.25) is 0 Å². The second kappa shape index (κ2) is 7.97. The normalized spacial score (nSPS) is 15.7. The van der Waals surface area contributed by atoms with E-state index in [1.165, 1.54) is 4.90 Å². The fraction of sp³-hybridized carbons (Fsp3) is 0.158. The molecule has 2 aromatic carbocycles. The maximum Gasteiger partial charge on any atom is 0.293 e. The summed E-state index contributed by atoms with van der Waals surface area (Å²) in [6.45, 7) is 0.243. The van der Waals surface area contributed by atoms with Crippen molar-refractivity contribution in [2.24, 2.45) is 0 Å². The van der Waals surface area contributed by atoms with Gasteiger partial charge in [0.05, 0.1) is 25.7 Å². The minimum Gasteiger partial charge on any atom is -0.493 e. The van der Waals surface area contributed by atoms with E-state index in [9.17, 15) is 9.59 Å². The first kappa shape index (κ1) is 18.5. The molecular weight excluding hydrogens is 418 g/mol. The SMILES string of the molecule is COc1ccc(/C=C2/SC(=O)N(Cc3cccc(Br)c3)C2=O)cc1OC. The van der Waals surface area contributed by atoms with Crippen LogP contribution in [-0.4, -0.2) is 30.3 Å². The zero-order chi connectivity index (χ0) is 18.7. The second-order valence-corrected chi connectivity index (χ2v) is 7.42. The number of ether oxygens (including phenoxy) is 2. The van der Waals surface area contributed by atoms with Gasteiger partial charge in [-0.05, 0) is 53.2 Å². The van der Waals surface area contributed by atoms with Gasteiger partial charge in [-0.25, -0.2) is 0 Å². The molecule has 7 heteroatoms. The maximum atomic E-state index is 12.6. The number of benzene rings is 2. The van der Waals surface area contributed by atoms with E-state index in [0.29, 0.717) is 16.4 Å². The average Bonchev–Trinajstić information content (AvgIpc) is 2.89. The van der Waals surface area contributed by atoms with Crippen LogP contribution in [0.1, 0.15) is 11.1 Å². The van der Waals surface area contributed by atoms with Crippen LogP contribution in [0.2, 0.25) is 0 Å². The molecule has 1 fully saturated rings. The van der Waals surface area contributed by atoms with E-state index in [1.807, 2.05) is 30.3 Å². The minimum atomic E-state index is -0.297. The summed E-state index contributed by atoms with van der Waals surface area (Å²) in [5.74, 6) is 0.872. The number of hydrogen-bond donors (Lipinski definition) is 0. The van der Waals surface area contributed by atoms with Crippen LogP contribution in [0.3, 0.4) is 0 Å². The molecule has 1 aliphatic rings. The molecule has 0 spiro atoms. The van der Waals surface area contributed by atoms with E-state index in [1.54, 1.807) is 32.4 Å². The Labute approximate surface area is 164 Å². The fourth-order valence-electron chi connectivity index (χ4n) is 2.55. The Hall–Kier alpha value is -2.25. The van der Waals surface area contributed by atoms with Crippen LogP contribution in [-0.2, 0) is 11.3 Å². The Kier molecular flexibility index (Phi) is 5.68. The number of halogens is 1. The van der Waals surface area contributed by atoms with Crippen molar-refractivity contribution in [3.63, 3.8) is 0 Å². The summed E-state index contributed by atoms with van der Waals surface area (Å²) in [4.78, 5) is 26.5. The molecular formula is C19H16BrNO4S. The average molecular weight is 434 g/mol. The first-order chi connectivity index (χ1) is 12.5. The number of carbonyl (C=O) groups excluding carboxylic acids is 2. The zero-order valence-electron chi connectivity index (χ0n) is 14.2. The van der Waals surface area contributed by atoms with E-state index < -0.39 is 0 Å². The quantitative estimate of drug-likeness (QED) is 0.639. The van der Waals surface area contributed by atoms with Crippen LogP contribution in [0.5, 0.6) is 11.5 Å². The van der Waals surface area contributed by atoms with Gasteiger partial charge in [-0.2, -0.15) is 0 Å². The van der Waals surface area contributed by atoms with Crippen LogP contribution in [0.4, 0.5) is 4.79 Å². The Bertz CT molecular complexity index is 897. The molecule has 1 heterocycles. The predicted molar refractivity (Wildman–Crippen MR) is 105 cm³/mol. The van der Waals surface area contributed by atoms with E-state index in [0.717, 1.165) is 27.4 Å². The molecule has 0 unspecified atom stereocenters. The number of methoxy groups -OCH3 is 2. The van der Waals surface area contributed by atoms with Crippen molar-refractivity contribution in [2.75, 3.05) is 14.2 Å². The second-order valence-electron chi connectivity index (χ2n) is 5.51. The lowest BCUT2D eigenvalue weighted by molar-refractivity contribution is -0.123. The molecule has 1 aliphatic heterocycles. The smallest absolute Gasteiger partial charge is 0.293 e. The highest BCUT2D eigenvalue weighted by molar-refractivity contribution is 9.10. The van der Waals surface area contributed by atoms with Crippen LogP contribution in [0, 0.1) is 0 Å². The lowest BCUT2D eigenvalue weighted by Crippen LogP contribution is -2.27. The first-order valence-electron chi connectivity index (χ1n) is 7.73.